The highest BCUT2D eigenvalue weighted by Crippen LogP contribution is 2.27. The van der Waals surface area contributed by atoms with Crippen molar-refractivity contribution in [1.82, 2.24) is 4.98 Å². The lowest BCUT2D eigenvalue weighted by Gasteiger charge is -2.06. The lowest BCUT2D eigenvalue weighted by Crippen LogP contribution is -1.89. The molecule has 0 aliphatic rings. The number of halogens is 1. The summed E-state index contributed by atoms with van der Waals surface area (Å²) in [4.78, 5) is 5.48. The second-order valence-corrected chi connectivity index (χ2v) is 5.17. The maximum absolute atomic E-state index is 5.84. The van der Waals surface area contributed by atoms with E-state index in [1.54, 1.807) is 17.8 Å². The Kier molecular flexibility index (Phi) is 3.92. The van der Waals surface area contributed by atoms with Crippen LogP contribution in [0.15, 0.2) is 41.3 Å². The standard InChI is InChI=1S/C13H13ClN2S/c1-9-7-10(15)5-6-12(9)17-8-11-3-2-4-13(14)16-11/h2-7H,8,15H2,1H3. The summed E-state index contributed by atoms with van der Waals surface area (Å²) in [6, 6.07) is 11.6. The molecule has 0 aliphatic carbocycles. The Morgan fingerprint density at radius 1 is 1.29 bits per heavy atom. The van der Waals surface area contributed by atoms with E-state index in [-0.39, 0.29) is 0 Å². The number of hydrogen-bond donors (Lipinski definition) is 1. The van der Waals surface area contributed by atoms with Crippen LogP contribution in [0.1, 0.15) is 11.3 Å². The highest BCUT2D eigenvalue weighted by Gasteiger charge is 2.02. The molecule has 2 N–H and O–H groups in total. The van der Waals surface area contributed by atoms with Gasteiger partial charge in [-0.25, -0.2) is 4.98 Å². The van der Waals surface area contributed by atoms with Crippen molar-refractivity contribution in [2.45, 2.75) is 17.6 Å². The lowest BCUT2D eigenvalue weighted by atomic mass is 10.2. The Labute approximate surface area is 110 Å². The number of aryl methyl sites for hydroxylation is 1. The zero-order chi connectivity index (χ0) is 12.3. The number of nitrogens with two attached hydrogens (primary N) is 1. The first kappa shape index (κ1) is 12.3. The van der Waals surface area contributed by atoms with Crippen LogP contribution in [-0.2, 0) is 5.75 Å². The van der Waals surface area contributed by atoms with Gasteiger partial charge in [-0.1, -0.05) is 17.7 Å². The Hall–Kier alpha value is -1.19. The van der Waals surface area contributed by atoms with E-state index in [9.17, 15) is 0 Å². The van der Waals surface area contributed by atoms with Crippen LogP contribution in [0.3, 0.4) is 0 Å². The van der Waals surface area contributed by atoms with Gasteiger partial charge in [0.1, 0.15) is 5.15 Å². The first-order chi connectivity index (χ1) is 8.15. The van der Waals surface area contributed by atoms with E-state index < -0.39 is 0 Å². The van der Waals surface area contributed by atoms with Crippen molar-refractivity contribution in [3.05, 3.63) is 52.8 Å². The fourth-order valence-electron chi connectivity index (χ4n) is 1.52. The van der Waals surface area contributed by atoms with E-state index in [2.05, 4.69) is 11.9 Å². The maximum atomic E-state index is 5.84. The Morgan fingerprint density at radius 2 is 2.12 bits per heavy atom. The first-order valence-corrected chi connectivity index (χ1v) is 6.62. The fourth-order valence-corrected chi connectivity index (χ4v) is 2.61. The minimum absolute atomic E-state index is 0.539. The predicted molar refractivity (Wildman–Crippen MR) is 74.4 cm³/mol. The molecule has 1 heterocycles. The molecule has 0 saturated heterocycles. The van der Waals surface area contributed by atoms with Gasteiger partial charge in [-0.3, -0.25) is 0 Å². The summed E-state index contributed by atoms with van der Waals surface area (Å²) in [5, 5.41) is 0.539. The van der Waals surface area contributed by atoms with Gasteiger partial charge in [-0.15, -0.1) is 11.8 Å². The molecule has 0 spiro atoms. The maximum Gasteiger partial charge on any atom is 0.129 e. The van der Waals surface area contributed by atoms with Crippen LogP contribution < -0.4 is 5.73 Å². The lowest BCUT2D eigenvalue weighted by molar-refractivity contribution is 1.17. The molecule has 0 fully saturated rings. The third-order valence-corrected chi connectivity index (χ3v) is 3.77. The molecular formula is C13H13ClN2S. The smallest absolute Gasteiger partial charge is 0.129 e. The molecule has 0 amide bonds. The van der Waals surface area contributed by atoms with E-state index in [1.807, 2.05) is 30.3 Å². The van der Waals surface area contributed by atoms with Crippen molar-refractivity contribution in [3.63, 3.8) is 0 Å². The summed E-state index contributed by atoms with van der Waals surface area (Å²) in [7, 11) is 0. The molecule has 4 heteroatoms. The number of anilines is 1. The molecule has 2 nitrogen and oxygen atoms in total. The van der Waals surface area contributed by atoms with Crippen molar-refractivity contribution in [2.24, 2.45) is 0 Å². The van der Waals surface area contributed by atoms with Gasteiger partial charge in [0.15, 0.2) is 0 Å². The van der Waals surface area contributed by atoms with Crippen LogP contribution in [0.4, 0.5) is 5.69 Å². The zero-order valence-corrected chi connectivity index (χ0v) is 11.1. The van der Waals surface area contributed by atoms with Gasteiger partial charge in [0.05, 0.1) is 5.69 Å². The van der Waals surface area contributed by atoms with E-state index in [0.29, 0.717) is 5.15 Å². The van der Waals surface area contributed by atoms with E-state index in [4.69, 9.17) is 17.3 Å². The van der Waals surface area contributed by atoms with Crippen molar-refractivity contribution >= 4 is 29.1 Å². The molecule has 0 atom stereocenters. The Bertz CT molecular complexity index is 529. The van der Waals surface area contributed by atoms with Crippen molar-refractivity contribution < 1.29 is 0 Å². The minimum Gasteiger partial charge on any atom is -0.399 e. The van der Waals surface area contributed by atoms with Gasteiger partial charge in [-0.05, 0) is 42.8 Å². The molecule has 0 saturated carbocycles. The number of aromatic nitrogens is 1. The third kappa shape index (κ3) is 3.38. The Balaban J connectivity index is 2.07. The van der Waals surface area contributed by atoms with Gasteiger partial charge >= 0.3 is 0 Å². The molecule has 2 aromatic rings. The van der Waals surface area contributed by atoms with Crippen LogP contribution in [0, 0.1) is 6.92 Å². The first-order valence-electron chi connectivity index (χ1n) is 5.25. The van der Waals surface area contributed by atoms with E-state index in [0.717, 1.165) is 17.1 Å². The van der Waals surface area contributed by atoms with Crippen LogP contribution in [0.25, 0.3) is 0 Å². The quantitative estimate of drug-likeness (QED) is 0.519. The van der Waals surface area contributed by atoms with E-state index in [1.165, 1.54) is 10.5 Å². The highest BCUT2D eigenvalue weighted by atomic mass is 35.5. The number of thioether (sulfide) groups is 1. The average molecular weight is 265 g/mol. The molecule has 0 unspecified atom stereocenters. The number of nitrogen functional groups attached to an aromatic ring is 1. The second-order valence-electron chi connectivity index (χ2n) is 3.77. The second kappa shape index (κ2) is 5.43. The number of nitrogens with zero attached hydrogens (tertiary/aromatic N) is 1. The van der Waals surface area contributed by atoms with E-state index >= 15 is 0 Å². The normalized spacial score (nSPS) is 10.5. The molecule has 0 radical (unpaired) electrons. The molecule has 2 rings (SSSR count). The average Bonchev–Trinajstić information content (AvgIpc) is 2.28. The van der Waals surface area contributed by atoms with Crippen molar-refractivity contribution in [3.8, 4) is 0 Å². The Morgan fingerprint density at radius 3 is 2.82 bits per heavy atom. The van der Waals surface area contributed by atoms with Crippen LogP contribution >= 0.6 is 23.4 Å². The molecule has 0 bridgehead atoms. The minimum atomic E-state index is 0.539. The molecule has 17 heavy (non-hydrogen) atoms. The highest BCUT2D eigenvalue weighted by molar-refractivity contribution is 7.98. The molecule has 1 aromatic heterocycles. The van der Waals surface area contributed by atoms with Gasteiger partial charge < -0.3 is 5.73 Å². The third-order valence-electron chi connectivity index (χ3n) is 2.35. The van der Waals surface area contributed by atoms with Crippen molar-refractivity contribution in [1.29, 1.82) is 0 Å². The van der Waals surface area contributed by atoms with Gasteiger partial charge in [0.25, 0.3) is 0 Å². The predicted octanol–water partition coefficient (Wildman–Crippen LogP) is 3.92. The number of benzene rings is 1. The van der Waals surface area contributed by atoms with Gasteiger partial charge in [0.2, 0.25) is 0 Å². The summed E-state index contributed by atoms with van der Waals surface area (Å²) in [5.41, 5.74) is 8.69. The fraction of sp³-hybridized carbons (Fsp3) is 0.154. The summed E-state index contributed by atoms with van der Waals surface area (Å²) >= 11 is 7.58. The molecule has 0 aliphatic heterocycles. The molecule has 88 valence electrons. The van der Waals surface area contributed by atoms with Crippen LogP contribution in [-0.4, -0.2) is 4.98 Å². The van der Waals surface area contributed by atoms with Crippen LogP contribution in [0.2, 0.25) is 5.15 Å². The SMILES string of the molecule is Cc1cc(N)ccc1SCc1cccc(Cl)n1. The number of pyridine rings is 1. The molecular weight excluding hydrogens is 252 g/mol. The summed E-state index contributed by atoms with van der Waals surface area (Å²) in [5.74, 6) is 0.811. The topological polar surface area (TPSA) is 38.9 Å². The van der Waals surface area contributed by atoms with Crippen molar-refractivity contribution in [2.75, 3.05) is 5.73 Å². The summed E-state index contributed by atoms with van der Waals surface area (Å²) in [6.45, 7) is 2.06. The summed E-state index contributed by atoms with van der Waals surface area (Å²) in [6.07, 6.45) is 0. The van der Waals surface area contributed by atoms with Crippen LogP contribution in [0.5, 0.6) is 0 Å². The van der Waals surface area contributed by atoms with Gasteiger partial charge in [-0.2, -0.15) is 0 Å². The van der Waals surface area contributed by atoms with Gasteiger partial charge in [0, 0.05) is 16.3 Å². The largest absolute Gasteiger partial charge is 0.399 e. The zero-order valence-electron chi connectivity index (χ0n) is 9.48. The number of hydrogen-bond acceptors (Lipinski definition) is 3. The monoisotopic (exact) mass is 264 g/mol. The summed E-state index contributed by atoms with van der Waals surface area (Å²) < 4.78 is 0. The molecule has 1 aromatic carbocycles. The number of rotatable bonds is 3.